The zero-order chi connectivity index (χ0) is 20.6. The Hall–Kier alpha value is -3.55. The standard InChI is InChI=1S/C20H24N4O4/c1-20(2,12-11-17(25)26)24-19(28)23-16-10-6-9-15(13-16)22-18(27)21-14-7-4-3-5-8-14/h3-10,13H,11-12H2,1-2H3,(H,25,26)(H2,21,22,27)(H2,23,24,28). The smallest absolute Gasteiger partial charge is 0.323 e. The van der Waals surface area contributed by atoms with E-state index in [0.717, 1.165) is 0 Å². The number of para-hydroxylation sites is 1. The number of nitrogens with one attached hydrogen (secondary N) is 4. The van der Waals surface area contributed by atoms with Crippen LogP contribution >= 0.6 is 0 Å². The van der Waals surface area contributed by atoms with E-state index >= 15 is 0 Å². The molecule has 0 bridgehead atoms. The number of benzene rings is 2. The van der Waals surface area contributed by atoms with Crippen LogP contribution in [0.3, 0.4) is 0 Å². The van der Waals surface area contributed by atoms with Crippen molar-refractivity contribution in [2.75, 3.05) is 16.0 Å². The molecule has 2 rings (SSSR count). The van der Waals surface area contributed by atoms with Crippen LogP contribution in [0.25, 0.3) is 0 Å². The van der Waals surface area contributed by atoms with Crippen molar-refractivity contribution in [3.8, 4) is 0 Å². The molecule has 8 nitrogen and oxygen atoms in total. The number of amides is 4. The Kier molecular flexibility index (Phi) is 6.97. The third-order valence-corrected chi connectivity index (χ3v) is 3.83. The van der Waals surface area contributed by atoms with Crippen LogP contribution < -0.4 is 21.3 Å². The number of hydrogen-bond acceptors (Lipinski definition) is 3. The molecule has 0 spiro atoms. The van der Waals surface area contributed by atoms with Gasteiger partial charge in [-0.1, -0.05) is 24.3 Å². The third-order valence-electron chi connectivity index (χ3n) is 3.83. The average Bonchev–Trinajstić information content (AvgIpc) is 2.60. The third kappa shape index (κ3) is 7.36. The number of anilines is 3. The Labute approximate surface area is 163 Å². The van der Waals surface area contributed by atoms with Crippen LogP contribution in [-0.2, 0) is 4.79 Å². The van der Waals surface area contributed by atoms with Gasteiger partial charge < -0.3 is 26.4 Å². The molecule has 28 heavy (non-hydrogen) atoms. The van der Waals surface area contributed by atoms with Gasteiger partial charge in [0.1, 0.15) is 0 Å². The molecule has 2 aromatic carbocycles. The lowest BCUT2D eigenvalue weighted by Crippen LogP contribution is -2.45. The molecule has 0 atom stereocenters. The predicted octanol–water partition coefficient (Wildman–Crippen LogP) is 4.10. The first-order chi connectivity index (χ1) is 13.2. The lowest BCUT2D eigenvalue weighted by molar-refractivity contribution is -0.137. The van der Waals surface area contributed by atoms with E-state index in [4.69, 9.17) is 5.11 Å². The van der Waals surface area contributed by atoms with Gasteiger partial charge in [0.05, 0.1) is 0 Å². The Morgan fingerprint density at radius 1 is 0.821 bits per heavy atom. The molecule has 0 aromatic heterocycles. The molecule has 0 fully saturated rings. The van der Waals surface area contributed by atoms with E-state index in [2.05, 4.69) is 21.3 Å². The van der Waals surface area contributed by atoms with Gasteiger partial charge in [0.15, 0.2) is 0 Å². The Morgan fingerprint density at radius 2 is 1.36 bits per heavy atom. The average molecular weight is 384 g/mol. The van der Waals surface area contributed by atoms with E-state index in [1.807, 2.05) is 18.2 Å². The van der Waals surface area contributed by atoms with E-state index in [1.54, 1.807) is 50.2 Å². The largest absolute Gasteiger partial charge is 0.481 e. The minimum absolute atomic E-state index is 0.0385. The van der Waals surface area contributed by atoms with Crippen LogP contribution in [0.5, 0.6) is 0 Å². The fourth-order valence-corrected chi connectivity index (χ4v) is 2.44. The van der Waals surface area contributed by atoms with Crippen molar-refractivity contribution in [2.24, 2.45) is 0 Å². The summed E-state index contributed by atoms with van der Waals surface area (Å²) in [6, 6.07) is 14.9. The minimum Gasteiger partial charge on any atom is -0.481 e. The number of carboxylic acid groups (broad SMARTS) is 1. The summed E-state index contributed by atoms with van der Waals surface area (Å²) in [6.45, 7) is 3.50. The first-order valence-electron chi connectivity index (χ1n) is 8.78. The highest BCUT2D eigenvalue weighted by molar-refractivity contribution is 6.00. The molecule has 0 radical (unpaired) electrons. The maximum atomic E-state index is 12.2. The van der Waals surface area contributed by atoms with Gasteiger partial charge in [0, 0.05) is 29.0 Å². The quantitative estimate of drug-likeness (QED) is 0.494. The molecule has 5 N–H and O–H groups in total. The van der Waals surface area contributed by atoms with E-state index in [0.29, 0.717) is 23.5 Å². The predicted molar refractivity (Wildman–Crippen MR) is 109 cm³/mol. The fraction of sp³-hybridized carbons (Fsp3) is 0.250. The number of carbonyl (C=O) groups is 3. The highest BCUT2D eigenvalue weighted by Gasteiger charge is 2.21. The van der Waals surface area contributed by atoms with E-state index in [-0.39, 0.29) is 6.42 Å². The SMILES string of the molecule is CC(C)(CCC(=O)O)NC(=O)Nc1cccc(NC(=O)Nc2ccccc2)c1. The second kappa shape index (κ2) is 9.40. The number of urea groups is 2. The Balaban J connectivity index is 1.90. The monoisotopic (exact) mass is 384 g/mol. The second-order valence-electron chi connectivity index (χ2n) is 6.88. The number of aliphatic carboxylic acids is 1. The molecular formula is C20H24N4O4. The normalized spacial score (nSPS) is 10.6. The molecule has 0 aliphatic heterocycles. The van der Waals surface area contributed by atoms with Gasteiger partial charge in [-0.25, -0.2) is 9.59 Å². The molecule has 148 valence electrons. The summed E-state index contributed by atoms with van der Waals surface area (Å²) >= 11 is 0. The van der Waals surface area contributed by atoms with Crippen molar-refractivity contribution in [2.45, 2.75) is 32.2 Å². The minimum atomic E-state index is -0.914. The summed E-state index contributed by atoms with van der Waals surface area (Å²) < 4.78 is 0. The molecule has 0 heterocycles. The molecule has 2 aromatic rings. The van der Waals surface area contributed by atoms with E-state index in [9.17, 15) is 14.4 Å². The van der Waals surface area contributed by atoms with Crippen LogP contribution in [0.1, 0.15) is 26.7 Å². The molecule has 0 aliphatic carbocycles. The van der Waals surface area contributed by atoms with Crippen molar-refractivity contribution in [1.29, 1.82) is 0 Å². The van der Waals surface area contributed by atoms with Crippen molar-refractivity contribution in [3.05, 3.63) is 54.6 Å². The number of hydrogen-bond donors (Lipinski definition) is 5. The summed E-state index contributed by atoms with van der Waals surface area (Å²) in [5, 5.41) is 19.6. The highest BCUT2D eigenvalue weighted by Crippen LogP contribution is 2.17. The zero-order valence-corrected chi connectivity index (χ0v) is 15.8. The maximum Gasteiger partial charge on any atom is 0.323 e. The highest BCUT2D eigenvalue weighted by atomic mass is 16.4. The molecule has 4 amide bonds. The molecular weight excluding hydrogens is 360 g/mol. The summed E-state index contributed by atoms with van der Waals surface area (Å²) in [7, 11) is 0. The first kappa shape index (κ1) is 20.8. The van der Waals surface area contributed by atoms with Crippen LogP contribution in [0.15, 0.2) is 54.6 Å². The number of carboxylic acids is 1. The summed E-state index contributed by atoms with van der Waals surface area (Å²) in [5.41, 5.74) is 0.992. The zero-order valence-electron chi connectivity index (χ0n) is 15.8. The molecule has 0 saturated heterocycles. The van der Waals surface area contributed by atoms with E-state index in [1.165, 1.54) is 0 Å². The fourth-order valence-electron chi connectivity index (χ4n) is 2.44. The lowest BCUT2D eigenvalue weighted by atomic mass is 9.99. The van der Waals surface area contributed by atoms with Crippen LogP contribution in [0.4, 0.5) is 26.7 Å². The number of rotatable bonds is 7. The van der Waals surface area contributed by atoms with Crippen molar-refractivity contribution >= 4 is 35.1 Å². The Morgan fingerprint density at radius 3 is 1.96 bits per heavy atom. The van der Waals surface area contributed by atoms with Crippen molar-refractivity contribution in [3.63, 3.8) is 0 Å². The topological polar surface area (TPSA) is 120 Å². The van der Waals surface area contributed by atoms with Gasteiger partial charge in [-0.2, -0.15) is 0 Å². The summed E-state index contributed by atoms with van der Waals surface area (Å²) in [5.74, 6) is -0.914. The van der Waals surface area contributed by atoms with Crippen molar-refractivity contribution in [1.82, 2.24) is 5.32 Å². The molecule has 0 aliphatic rings. The maximum absolute atomic E-state index is 12.2. The van der Waals surface area contributed by atoms with Gasteiger partial charge >= 0.3 is 18.0 Å². The van der Waals surface area contributed by atoms with Crippen LogP contribution in [0, 0.1) is 0 Å². The van der Waals surface area contributed by atoms with Gasteiger partial charge in [0.25, 0.3) is 0 Å². The van der Waals surface area contributed by atoms with Gasteiger partial charge in [-0.3, -0.25) is 4.79 Å². The first-order valence-corrected chi connectivity index (χ1v) is 8.78. The Bertz CT molecular complexity index is 837. The summed E-state index contributed by atoms with van der Waals surface area (Å²) in [6.07, 6.45) is 0.264. The van der Waals surface area contributed by atoms with Gasteiger partial charge in [-0.15, -0.1) is 0 Å². The van der Waals surface area contributed by atoms with Gasteiger partial charge in [-0.05, 0) is 50.6 Å². The second-order valence-corrected chi connectivity index (χ2v) is 6.88. The summed E-state index contributed by atoms with van der Waals surface area (Å²) in [4.78, 5) is 34.9. The van der Waals surface area contributed by atoms with Gasteiger partial charge in [0.2, 0.25) is 0 Å². The molecule has 0 unspecified atom stereocenters. The lowest BCUT2D eigenvalue weighted by Gasteiger charge is -2.25. The van der Waals surface area contributed by atoms with Crippen LogP contribution in [0.2, 0.25) is 0 Å². The molecule has 0 saturated carbocycles. The van der Waals surface area contributed by atoms with E-state index < -0.39 is 23.6 Å². The van der Waals surface area contributed by atoms with Crippen LogP contribution in [-0.4, -0.2) is 28.7 Å². The van der Waals surface area contributed by atoms with Crippen molar-refractivity contribution < 1.29 is 19.5 Å². The molecule has 8 heteroatoms. The number of carbonyl (C=O) groups excluding carboxylic acids is 2.